The maximum absolute atomic E-state index is 12.5. The lowest BCUT2D eigenvalue weighted by Crippen LogP contribution is -2.21. The number of aromatic nitrogens is 2. The Hall–Kier alpha value is -3.19. The molecule has 0 atom stereocenters. The molecule has 7 heteroatoms. The predicted octanol–water partition coefficient (Wildman–Crippen LogP) is 3.70. The molecular formula is C22H23N3O4. The number of hydrogen-bond donors (Lipinski definition) is 2. The number of nitrogens with zero attached hydrogens (tertiary/aromatic N) is 2. The van der Waals surface area contributed by atoms with Gasteiger partial charge in [0, 0.05) is 35.9 Å². The number of nitrogens with one attached hydrogen (secondary N) is 1. The normalized spacial score (nSPS) is 14.7. The van der Waals surface area contributed by atoms with E-state index in [1.54, 1.807) is 30.5 Å². The van der Waals surface area contributed by atoms with E-state index in [0.717, 1.165) is 31.6 Å². The van der Waals surface area contributed by atoms with Crippen molar-refractivity contribution in [1.29, 1.82) is 0 Å². The number of fused-ring (bicyclic) bond motifs is 1. The van der Waals surface area contributed by atoms with Crippen molar-refractivity contribution >= 4 is 22.4 Å². The molecule has 0 bridgehead atoms. The van der Waals surface area contributed by atoms with E-state index >= 15 is 0 Å². The van der Waals surface area contributed by atoms with E-state index in [9.17, 15) is 9.90 Å². The maximum Gasteiger partial charge on any atom is 0.274 e. The van der Waals surface area contributed by atoms with Crippen molar-refractivity contribution in [3.63, 3.8) is 0 Å². The van der Waals surface area contributed by atoms with E-state index in [0.29, 0.717) is 40.6 Å². The zero-order chi connectivity index (χ0) is 20.2. The van der Waals surface area contributed by atoms with E-state index in [2.05, 4.69) is 15.3 Å². The van der Waals surface area contributed by atoms with Crippen LogP contribution in [0.1, 0.15) is 28.9 Å². The van der Waals surface area contributed by atoms with Crippen LogP contribution in [0.25, 0.3) is 10.8 Å². The highest BCUT2D eigenvalue weighted by molar-refractivity contribution is 6.05. The summed E-state index contributed by atoms with van der Waals surface area (Å²) in [6.45, 7) is 3.92. The van der Waals surface area contributed by atoms with Crippen LogP contribution in [0.15, 0.2) is 42.7 Å². The lowest BCUT2D eigenvalue weighted by molar-refractivity contribution is 0.0493. The van der Waals surface area contributed by atoms with Crippen LogP contribution in [0.4, 0.5) is 5.69 Å². The highest BCUT2D eigenvalue weighted by Gasteiger charge is 2.17. The molecule has 1 amide bonds. The number of aryl methyl sites for hydroxylation is 1. The minimum atomic E-state index is -0.299. The molecule has 4 rings (SSSR count). The lowest BCUT2D eigenvalue weighted by atomic mass is 10.0. The first-order valence-corrected chi connectivity index (χ1v) is 9.67. The smallest absolute Gasteiger partial charge is 0.274 e. The number of anilines is 1. The van der Waals surface area contributed by atoms with Crippen molar-refractivity contribution in [2.75, 3.05) is 25.1 Å². The van der Waals surface area contributed by atoms with Crippen LogP contribution in [0, 0.1) is 12.8 Å². The fourth-order valence-corrected chi connectivity index (χ4v) is 3.42. The average molecular weight is 393 g/mol. The Labute approximate surface area is 168 Å². The van der Waals surface area contributed by atoms with Gasteiger partial charge in [-0.3, -0.25) is 9.78 Å². The summed E-state index contributed by atoms with van der Waals surface area (Å²) in [6, 6.07) is 8.89. The van der Waals surface area contributed by atoms with Crippen molar-refractivity contribution in [2.45, 2.75) is 19.8 Å². The molecule has 29 heavy (non-hydrogen) atoms. The summed E-state index contributed by atoms with van der Waals surface area (Å²) in [5.74, 6) is 0.646. The molecule has 1 fully saturated rings. The first-order chi connectivity index (χ1) is 14.1. The van der Waals surface area contributed by atoms with E-state index < -0.39 is 0 Å². The molecule has 1 saturated heterocycles. The number of rotatable bonds is 5. The third-order valence-corrected chi connectivity index (χ3v) is 5.11. The molecule has 0 spiro atoms. The summed E-state index contributed by atoms with van der Waals surface area (Å²) >= 11 is 0. The van der Waals surface area contributed by atoms with Gasteiger partial charge in [-0.1, -0.05) is 6.07 Å². The third kappa shape index (κ3) is 4.30. The molecule has 0 saturated carbocycles. The van der Waals surface area contributed by atoms with Crippen LogP contribution < -0.4 is 10.1 Å². The number of pyridine rings is 2. The molecular weight excluding hydrogens is 370 g/mol. The second kappa shape index (κ2) is 8.45. The molecule has 7 nitrogen and oxygen atoms in total. The van der Waals surface area contributed by atoms with Gasteiger partial charge in [0.25, 0.3) is 5.91 Å². The summed E-state index contributed by atoms with van der Waals surface area (Å²) < 4.78 is 11.3. The second-order valence-electron chi connectivity index (χ2n) is 7.20. The molecule has 2 N–H and O–H groups in total. The lowest BCUT2D eigenvalue weighted by Gasteiger charge is -2.22. The molecule has 0 aliphatic carbocycles. The molecule has 3 heterocycles. The molecule has 1 aliphatic heterocycles. The van der Waals surface area contributed by atoms with Crippen LogP contribution >= 0.6 is 0 Å². The minimum absolute atomic E-state index is 0.0310. The molecule has 0 unspecified atom stereocenters. The summed E-state index contributed by atoms with van der Waals surface area (Å²) in [5, 5.41) is 14.4. The van der Waals surface area contributed by atoms with Crippen LogP contribution in [0.2, 0.25) is 0 Å². The van der Waals surface area contributed by atoms with Gasteiger partial charge >= 0.3 is 0 Å². The van der Waals surface area contributed by atoms with Crippen molar-refractivity contribution in [2.24, 2.45) is 5.92 Å². The zero-order valence-corrected chi connectivity index (χ0v) is 16.2. The van der Waals surface area contributed by atoms with E-state index in [1.165, 1.54) is 6.20 Å². The van der Waals surface area contributed by atoms with Crippen LogP contribution in [0.3, 0.4) is 0 Å². The average Bonchev–Trinajstić information content (AvgIpc) is 2.74. The topological polar surface area (TPSA) is 93.6 Å². The summed E-state index contributed by atoms with van der Waals surface area (Å²) in [7, 11) is 0. The molecule has 1 aliphatic rings. The molecule has 1 aromatic carbocycles. The number of carbonyl (C=O) groups is 1. The molecule has 150 valence electrons. The Morgan fingerprint density at radius 1 is 1.24 bits per heavy atom. The van der Waals surface area contributed by atoms with Gasteiger partial charge in [-0.25, -0.2) is 4.98 Å². The van der Waals surface area contributed by atoms with Gasteiger partial charge < -0.3 is 19.9 Å². The van der Waals surface area contributed by atoms with Gasteiger partial charge in [-0.2, -0.15) is 0 Å². The van der Waals surface area contributed by atoms with Gasteiger partial charge in [-0.05, 0) is 55.5 Å². The highest BCUT2D eigenvalue weighted by Crippen LogP contribution is 2.33. The number of benzene rings is 1. The van der Waals surface area contributed by atoms with Crippen molar-refractivity contribution < 1.29 is 19.4 Å². The van der Waals surface area contributed by atoms with Gasteiger partial charge in [-0.15, -0.1) is 0 Å². The van der Waals surface area contributed by atoms with Crippen LogP contribution in [0.5, 0.6) is 11.6 Å². The van der Waals surface area contributed by atoms with Gasteiger partial charge in [0.05, 0.1) is 12.8 Å². The third-order valence-electron chi connectivity index (χ3n) is 5.11. The first kappa shape index (κ1) is 19.1. The quantitative estimate of drug-likeness (QED) is 0.686. The number of hydrogen-bond acceptors (Lipinski definition) is 6. The zero-order valence-electron chi connectivity index (χ0n) is 16.2. The van der Waals surface area contributed by atoms with E-state index in [1.807, 2.05) is 13.0 Å². The first-order valence-electron chi connectivity index (χ1n) is 9.67. The fraction of sp³-hybridized carbons (Fsp3) is 0.318. The van der Waals surface area contributed by atoms with Gasteiger partial charge in [0.15, 0.2) is 0 Å². The van der Waals surface area contributed by atoms with Gasteiger partial charge in [0.2, 0.25) is 5.88 Å². The Bertz CT molecular complexity index is 1030. The summed E-state index contributed by atoms with van der Waals surface area (Å²) in [4.78, 5) is 20.9. The van der Waals surface area contributed by atoms with Crippen LogP contribution in [-0.2, 0) is 4.74 Å². The monoisotopic (exact) mass is 393 g/mol. The van der Waals surface area contributed by atoms with Crippen molar-refractivity contribution in [3.05, 3.63) is 54.0 Å². The number of aromatic hydroxyl groups is 1. The Balaban J connectivity index is 1.55. The minimum Gasteiger partial charge on any atom is -0.506 e. The van der Waals surface area contributed by atoms with Gasteiger partial charge in [0.1, 0.15) is 11.4 Å². The van der Waals surface area contributed by atoms with Crippen molar-refractivity contribution in [3.8, 4) is 11.6 Å². The maximum atomic E-state index is 12.5. The fourth-order valence-electron chi connectivity index (χ4n) is 3.42. The number of ether oxygens (including phenoxy) is 2. The predicted molar refractivity (Wildman–Crippen MR) is 109 cm³/mol. The Kier molecular flexibility index (Phi) is 5.57. The van der Waals surface area contributed by atoms with E-state index in [4.69, 9.17) is 9.47 Å². The Morgan fingerprint density at radius 3 is 2.86 bits per heavy atom. The highest BCUT2D eigenvalue weighted by atomic mass is 16.5. The standard InChI is InChI=1S/C22H23N3O4/c1-14-3-2-8-23-20(14)21(27)25-16-4-5-17-18(11-16)19(26)12-24-22(17)29-13-15-6-9-28-10-7-15/h2-5,8,11-12,15,26H,6-7,9-10,13H2,1H3,(H,25,27). The van der Waals surface area contributed by atoms with E-state index in [-0.39, 0.29) is 11.7 Å². The molecule has 2 aromatic heterocycles. The second-order valence-corrected chi connectivity index (χ2v) is 7.20. The van der Waals surface area contributed by atoms with Crippen molar-refractivity contribution in [1.82, 2.24) is 9.97 Å². The molecule has 0 radical (unpaired) electrons. The number of carbonyl (C=O) groups excluding carboxylic acids is 1. The SMILES string of the molecule is Cc1cccnc1C(=O)Nc1ccc2c(OCC3CCOCC3)ncc(O)c2c1. The molecule has 3 aromatic rings. The summed E-state index contributed by atoms with van der Waals surface area (Å²) in [5.41, 5.74) is 1.72. The summed E-state index contributed by atoms with van der Waals surface area (Å²) in [6.07, 6.45) is 4.90. The Morgan fingerprint density at radius 2 is 2.07 bits per heavy atom. The number of amides is 1. The van der Waals surface area contributed by atoms with Crippen LogP contribution in [-0.4, -0.2) is 40.8 Å². The largest absolute Gasteiger partial charge is 0.506 e.